The van der Waals surface area contributed by atoms with Crippen LogP contribution in [0, 0.1) is 17.2 Å². The average Bonchev–Trinajstić information content (AvgIpc) is 3.22. The van der Waals surface area contributed by atoms with E-state index in [-0.39, 0.29) is 12.5 Å². The summed E-state index contributed by atoms with van der Waals surface area (Å²) in [5.41, 5.74) is 0.330. The molecule has 1 amide bonds. The first-order valence-electron chi connectivity index (χ1n) is 7.08. The Kier molecular flexibility index (Phi) is 4.87. The van der Waals surface area contributed by atoms with Crippen LogP contribution in [-0.4, -0.2) is 29.9 Å². The molecule has 1 unspecified atom stereocenters. The molecule has 0 heterocycles. The van der Waals surface area contributed by atoms with Gasteiger partial charge in [0.2, 0.25) is 5.91 Å². The molecule has 0 spiro atoms. The molecular weight excluding hydrogens is 286 g/mol. The van der Waals surface area contributed by atoms with E-state index in [1.807, 2.05) is 36.2 Å². The summed E-state index contributed by atoms with van der Waals surface area (Å²) in [6.45, 7) is 2.71. The van der Waals surface area contributed by atoms with E-state index in [2.05, 4.69) is 11.4 Å². The zero-order valence-corrected chi connectivity index (χ0v) is 13.2. The molecule has 0 aliphatic heterocycles. The maximum Gasteiger partial charge on any atom is 0.235 e. The number of rotatable bonds is 6. The summed E-state index contributed by atoms with van der Waals surface area (Å²) in [6, 6.07) is 9.82. The third-order valence-electron chi connectivity index (χ3n) is 3.78. The molecule has 1 aromatic carbocycles. The lowest BCUT2D eigenvalue weighted by Crippen LogP contribution is -2.49. The van der Waals surface area contributed by atoms with Crippen LogP contribution >= 0.6 is 11.6 Å². The largest absolute Gasteiger partial charge is 0.337 e. The first-order chi connectivity index (χ1) is 9.93. The van der Waals surface area contributed by atoms with E-state index in [1.165, 1.54) is 0 Å². The van der Waals surface area contributed by atoms with Crippen LogP contribution < -0.4 is 5.32 Å². The highest BCUT2D eigenvalue weighted by molar-refractivity contribution is 6.30. The molecule has 0 aromatic heterocycles. The van der Waals surface area contributed by atoms with Crippen molar-refractivity contribution >= 4 is 17.5 Å². The molecule has 1 atom stereocenters. The van der Waals surface area contributed by atoms with Gasteiger partial charge < -0.3 is 5.32 Å². The van der Waals surface area contributed by atoms with Gasteiger partial charge in [0.05, 0.1) is 12.6 Å². The van der Waals surface area contributed by atoms with Gasteiger partial charge in [-0.15, -0.1) is 0 Å². The molecule has 112 valence electrons. The molecule has 5 heteroatoms. The summed E-state index contributed by atoms with van der Waals surface area (Å²) >= 11 is 5.95. The third-order valence-corrected chi connectivity index (χ3v) is 4.02. The van der Waals surface area contributed by atoms with E-state index in [0.717, 1.165) is 18.4 Å². The van der Waals surface area contributed by atoms with Gasteiger partial charge in [0.15, 0.2) is 0 Å². The molecule has 1 aromatic rings. The van der Waals surface area contributed by atoms with E-state index in [9.17, 15) is 10.1 Å². The van der Waals surface area contributed by atoms with Gasteiger partial charge in [-0.3, -0.25) is 9.69 Å². The van der Waals surface area contributed by atoms with Crippen molar-refractivity contribution < 1.29 is 4.79 Å². The Labute approximate surface area is 130 Å². The number of nitriles is 1. The third kappa shape index (κ3) is 4.45. The summed E-state index contributed by atoms with van der Waals surface area (Å²) in [7, 11) is 1.88. The minimum Gasteiger partial charge on any atom is -0.337 e. The molecule has 0 bridgehead atoms. The van der Waals surface area contributed by atoms with Gasteiger partial charge in [-0.1, -0.05) is 23.7 Å². The molecule has 1 fully saturated rings. The topological polar surface area (TPSA) is 56.1 Å². The van der Waals surface area contributed by atoms with Gasteiger partial charge >= 0.3 is 0 Å². The molecule has 1 aliphatic rings. The van der Waals surface area contributed by atoms with E-state index < -0.39 is 5.54 Å². The Morgan fingerprint density at radius 1 is 1.57 bits per heavy atom. The number of nitrogens with zero attached hydrogens (tertiary/aromatic N) is 2. The monoisotopic (exact) mass is 305 g/mol. The number of carbonyl (C=O) groups excluding carboxylic acids is 1. The van der Waals surface area contributed by atoms with Crippen molar-refractivity contribution in [1.29, 1.82) is 5.26 Å². The highest BCUT2D eigenvalue weighted by atomic mass is 35.5. The zero-order valence-electron chi connectivity index (χ0n) is 12.4. The van der Waals surface area contributed by atoms with Gasteiger partial charge in [0.1, 0.15) is 5.54 Å². The van der Waals surface area contributed by atoms with Gasteiger partial charge in [-0.05, 0) is 50.4 Å². The van der Waals surface area contributed by atoms with E-state index in [0.29, 0.717) is 17.5 Å². The number of benzene rings is 1. The van der Waals surface area contributed by atoms with Crippen molar-refractivity contribution in [3.8, 4) is 6.07 Å². The summed E-state index contributed by atoms with van der Waals surface area (Å²) in [5.74, 6) is 0.181. The molecule has 2 rings (SSSR count). The molecule has 0 saturated heterocycles. The number of halogens is 1. The van der Waals surface area contributed by atoms with Crippen LogP contribution in [0.15, 0.2) is 24.3 Å². The lowest BCUT2D eigenvalue weighted by Gasteiger charge is -2.25. The minimum atomic E-state index is -0.728. The fourth-order valence-corrected chi connectivity index (χ4v) is 2.67. The van der Waals surface area contributed by atoms with E-state index in [4.69, 9.17) is 11.6 Å². The maximum atomic E-state index is 12.1. The maximum absolute atomic E-state index is 12.1. The fourth-order valence-electron chi connectivity index (χ4n) is 2.46. The van der Waals surface area contributed by atoms with Crippen molar-refractivity contribution in [3.05, 3.63) is 34.9 Å². The predicted octanol–water partition coefficient (Wildman–Crippen LogP) is 2.58. The minimum absolute atomic E-state index is 0.115. The van der Waals surface area contributed by atoms with Gasteiger partial charge in [-0.2, -0.15) is 5.26 Å². The van der Waals surface area contributed by atoms with Crippen LogP contribution in [0.4, 0.5) is 0 Å². The van der Waals surface area contributed by atoms with Crippen molar-refractivity contribution in [1.82, 2.24) is 10.2 Å². The molecule has 1 aliphatic carbocycles. The molecule has 0 radical (unpaired) electrons. The second-order valence-corrected chi connectivity index (χ2v) is 6.38. The summed E-state index contributed by atoms with van der Waals surface area (Å²) in [5, 5.41) is 12.8. The number of likely N-dealkylation sites (N-methyl/N-ethyl adjacent to an activating group) is 1. The Hall–Kier alpha value is -1.57. The Balaban J connectivity index is 1.86. The van der Waals surface area contributed by atoms with Crippen molar-refractivity contribution in [3.63, 3.8) is 0 Å². The summed E-state index contributed by atoms with van der Waals surface area (Å²) < 4.78 is 0. The van der Waals surface area contributed by atoms with E-state index in [1.54, 1.807) is 6.92 Å². The van der Waals surface area contributed by atoms with Crippen LogP contribution in [0.5, 0.6) is 0 Å². The van der Waals surface area contributed by atoms with Gasteiger partial charge in [0.25, 0.3) is 0 Å². The smallest absolute Gasteiger partial charge is 0.235 e. The zero-order chi connectivity index (χ0) is 15.5. The highest BCUT2D eigenvalue weighted by Gasteiger charge is 2.42. The normalized spacial score (nSPS) is 17.1. The number of carbonyl (C=O) groups is 1. The molecular formula is C16H20ClN3O. The van der Waals surface area contributed by atoms with Crippen LogP contribution in [0.3, 0.4) is 0 Å². The molecule has 1 N–H and O–H groups in total. The van der Waals surface area contributed by atoms with E-state index >= 15 is 0 Å². The number of nitrogens with one attached hydrogen (secondary N) is 1. The Morgan fingerprint density at radius 2 is 2.29 bits per heavy atom. The fraction of sp³-hybridized carbons (Fsp3) is 0.500. The quantitative estimate of drug-likeness (QED) is 0.879. The van der Waals surface area contributed by atoms with Crippen LogP contribution in [0.1, 0.15) is 25.3 Å². The number of hydrogen-bond donors (Lipinski definition) is 1. The van der Waals surface area contributed by atoms with Crippen LogP contribution in [0.2, 0.25) is 5.02 Å². The predicted molar refractivity (Wildman–Crippen MR) is 82.7 cm³/mol. The Bertz CT molecular complexity index is 565. The summed E-state index contributed by atoms with van der Waals surface area (Å²) in [4.78, 5) is 14.0. The molecule has 4 nitrogen and oxygen atoms in total. The molecule has 21 heavy (non-hydrogen) atoms. The van der Waals surface area contributed by atoms with Crippen molar-refractivity contribution in [2.45, 2.75) is 31.8 Å². The first-order valence-corrected chi connectivity index (χ1v) is 7.46. The van der Waals surface area contributed by atoms with Gasteiger partial charge in [-0.25, -0.2) is 0 Å². The SMILES string of the molecule is CN(CC(=O)NC(C)(C#N)C1CC1)Cc1cccc(Cl)c1. The second-order valence-electron chi connectivity index (χ2n) is 5.94. The Morgan fingerprint density at radius 3 is 2.86 bits per heavy atom. The van der Waals surface area contributed by atoms with Crippen molar-refractivity contribution in [2.24, 2.45) is 5.92 Å². The van der Waals surface area contributed by atoms with Crippen molar-refractivity contribution in [2.75, 3.05) is 13.6 Å². The second kappa shape index (κ2) is 6.46. The average molecular weight is 306 g/mol. The molecule has 1 saturated carbocycles. The first kappa shape index (κ1) is 15.8. The lowest BCUT2D eigenvalue weighted by atomic mass is 9.98. The van der Waals surface area contributed by atoms with Crippen LogP contribution in [-0.2, 0) is 11.3 Å². The standard InChI is InChI=1S/C16H20ClN3O/c1-16(11-18,13-6-7-13)19-15(21)10-20(2)9-12-4-3-5-14(17)8-12/h3-5,8,13H,6-7,9-10H2,1-2H3,(H,19,21). The summed E-state index contributed by atoms with van der Waals surface area (Å²) in [6.07, 6.45) is 2.03. The van der Waals surface area contributed by atoms with Gasteiger partial charge in [0, 0.05) is 11.6 Å². The van der Waals surface area contributed by atoms with Crippen LogP contribution in [0.25, 0.3) is 0 Å². The highest BCUT2D eigenvalue weighted by Crippen LogP contribution is 2.39. The number of hydrogen-bond acceptors (Lipinski definition) is 3. The lowest BCUT2D eigenvalue weighted by molar-refractivity contribution is -0.123. The number of amides is 1.